The van der Waals surface area contributed by atoms with Crippen molar-refractivity contribution in [1.82, 2.24) is 5.32 Å². The number of nitrogens with one attached hydrogen (secondary N) is 2. The summed E-state index contributed by atoms with van der Waals surface area (Å²) in [5, 5.41) is 3.14. The van der Waals surface area contributed by atoms with Crippen molar-refractivity contribution in [2.24, 2.45) is 5.92 Å². The van der Waals surface area contributed by atoms with Crippen LogP contribution in [0.15, 0.2) is 47.4 Å². The molecule has 2 aromatic rings. The number of hydrogen-bond acceptors (Lipinski definition) is 3. The average Bonchev–Trinajstić information content (AvgIpc) is 2.68. The summed E-state index contributed by atoms with van der Waals surface area (Å²) in [5.74, 6) is 0.191. The Labute approximate surface area is 178 Å². The van der Waals surface area contributed by atoms with Gasteiger partial charge in [-0.05, 0) is 49.6 Å². The maximum atomic E-state index is 12.5. The molecule has 1 amide bonds. The van der Waals surface area contributed by atoms with Crippen LogP contribution in [0.3, 0.4) is 0 Å². The van der Waals surface area contributed by atoms with Crippen LogP contribution in [-0.4, -0.2) is 20.9 Å². The summed E-state index contributed by atoms with van der Waals surface area (Å²) in [6.45, 7) is 6.77. The SMILES string of the molecule is CCCCC(CC)CNC(=O)c1ccc(NS(=O)(=O)c2ccc(C)cc2)cc1Cl. The molecule has 0 bridgehead atoms. The lowest BCUT2D eigenvalue weighted by Crippen LogP contribution is -2.29. The first kappa shape index (κ1) is 23.2. The zero-order chi connectivity index (χ0) is 21.4. The third-order valence-electron chi connectivity index (χ3n) is 4.89. The van der Waals surface area contributed by atoms with Crippen molar-refractivity contribution in [1.29, 1.82) is 0 Å². The number of halogens is 1. The molecule has 1 atom stereocenters. The molecule has 0 aliphatic carbocycles. The molecule has 7 heteroatoms. The van der Waals surface area contributed by atoms with Gasteiger partial charge in [-0.1, -0.05) is 62.4 Å². The molecule has 0 aromatic heterocycles. The number of carbonyl (C=O) groups excluding carboxylic acids is 1. The lowest BCUT2D eigenvalue weighted by molar-refractivity contribution is 0.0946. The van der Waals surface area contributed by atoms with Gasteiger partial charge in [0.1, 0.15) is 0 Å². The van der Waals surface area contributed by atoms with Crippen LogP contribution in [-0.2, 0) is 10.0 Å². The summed E-state index contributed by atoms with van der Waals surface area (Å²) in [6, 6.07) is 11.1. The molecule has 2 aromatic carbocycles. The molecule has 2 rings (SSSR count). The summed E-state index contributed by atoms with van der Waals surface area (Å²) in [6.07, 6.45) is 4.37. The molecule has 1 unspecified atom stereocenters. The number of unbranched alkanes of at least 4 members (excludes halogenated alkanes) is 1. The van der Waals surface area contributed by atoms with Gasteiger partial charge in [0, 0.05) is 6.54 Å². The molecule has 0 heterocycles. The van der Waals surface area contributed by atoms with Gasteiger partial charge in [-0.15, -0.1) is 0 Å². The fraction of sp³-hybridized carbons (Fsp3) is 0.409. The minimum atomic E-state index is -3.72. The van der Waals surface area contributed by atoms with Gasteiger partial charge in [0.05, 0.1) is 21.2 Å². The highest BCUT2D eigenvalue weighted by molar-refractivity contribution is 7.92. The first-order valence-electron chi connectivity index (χ1n) is 9.94. The molecular formula is C22H29ClN2O3S. The van der Waals surface area contributed by atoms with E-state index in [2.05, 4.69) is 23.9 Å². The Bertz CT molecular complexity index is 928. The Morgan fingerprint density at radius 3 is 2.38 bits per heavy atom. The van der Waals surface area contributed by atoms with E-state index in [-0.39, 0.29) is 15.8 Å². The number of sulfonamides is 1. The van der Waals surface area contributed by atoms with Crippen LogP contribution in [0, 0.1) is 12.8 Å². The van der Waals surface area contributed by atoms with Gasteiger partial charge < -0.3 is 5.32 Å². The Balaban J connectivity index is 2.05. The molecule has 0 saturated carbocycles. The number of anilines is 1. The molecule has 0 spiro atoms. The van der Waals surface area contributed by atoms with Crippen LogP contribution in [0.2, 0.25) is 5.02 Å². The number of benzene rings is 2. The third kappa shape index (κ3) is 6.75. The van der Waals surface area contributed by atoms with Crippen molar-refractivity contribution in [3.8, 4) is 0 Å². The van der Waals surface area contributed by atoms with Gasteiger partial charge in [-0.25, -0.2) is 8.42 Å². The van der Waals surface area contributed by atoms with Gasteiger partial charge >= 0.3 is 0 Å². The highest BCUT2D eigenvalue weighted by Crippen LogP contribution is 2.24. The Morgan fingerprint density at radius 1 is 1.10 bits per heavy atom. The molecule has 0 aliphatic heterocycles. The molecule has 0 saturated heterocycles. The molecule has 29 heavy (non-hydrogen) atoms. The minimum absolute atomic E-state index is 0.165. The number of aryl methyl sites for hydroxylation is 1. The third-order valence-corrected chi connectivity index (χ3v) is 6.60. The van der Waals surface area contributed by atoms with Gasteiger partial charge in [0.15, 0.2) is 0 Å². The first-order valence-corrected chi connectivity index (χ1v) is 11.8. The maximum Gasteiger partial charge on any atom is 0.261 e. The Morgan fingerprint density at radius 2 is 1.79 bits per heavy atom. The second kappa shape index (κ2) is 10.6. The van der Waals surface area contributed by atoms with E-state index < -0.39 is 10.0 Å². The van der Waals surface area contributed by atoms with Gasteiger partial charge in [-0.3, -0.25) is 9.52 Å². The highest BCUT2D eigenvalue weighted by atomic mass is 35.5. The predicted octanol–water partition coefficient (Wildman–Crippen LogP) is 5.40. The summed E-state index contributed by atoms with van der Waals surface area (Å²) in [4.78, 5) is 12.6. The maximum absolute atomic E-state index is 12.5. The summed E-state index contributed by atoms with van der Waals surface area (Å²) >= 11 is 6.26. The molecule has 0 fully saturated rings. The molecule has 2 N–H and O–H groups in total. The Hall–Kier alpha value is -2.05. The number of hydrogen-bond donors (Lipinski definition) is 2. The van der Waals surface area contributed by atoms with Gasteiger partial charge in [0.25, 0.3) is 15.9 Å². The van der Waals surface area contributed by atoms with Crippen molar-refractivity contribution >= 4 is 33.2 Å². The molecule has 0 aliphatic rings. The van der Waals surface area contributed by atoms with E-state index in [1.165, 1.54) is 12.1 Å². The Kier molecular flexibility index (Phi) is 8.53. The van der Waals surface area contributed by atoms with Crippen molar-refractivity contribution in [3.63, 3.8) is 0 Å². The zero-order valence-electron chi connectivity index (χ0n) is 17.2. The average molecular weight is 437 g/mol. The van der Waals surface area contributed by atoms with E-state index in [0.29, 0.717) is 23.7 Å². The quantitative estimate of drug-likeness (QED) is 0.523. The summed E-state index contributed by atoms with van der Waals surface area (Å²) in [7, 11) is -3.72. The fourth-order valence-electron chi connectivity index (χ4n) is 2.97. The van der Waals surface area contributed by atoms with E-state index >= 15 is 0 Å². The zero-order valence-corrected chi connectivity index (χ0v) is 18.7. The number of rotatable bonds is 10. The smallest absolute Gasteiger partial charge is 0.261 e. The van der Waals surface area contributed by atoms with Crippen LogP contribution < -0.4 is 10.0 Å². The normalized spacial score (nSPS) is 12.4. The molecular weight excluding hydrogens is 408 g/mol. The monoisotopic (exact) mass is 436 g/mol. The largest absolute Gasteiger partial charge is 0.352 e. The van der Waals surface area contributed by atoms with Crippen molar-refractivity contribution in [2.45, 2.75) is 51.3 Å². The van der Waals surface area contributed by atoms with Crippen molar-refractivity contribution < 1.29 is 13.2 Å². The second-order valence-electron chi connectivity index (χ2n) is 7.24. The van der Waals surface area contributed by atoms with Crippen LogP contribution in [0.4, 0.5) is 5.69 Å². The lowest BCUT2D eigenvalue weighted by Gasteiger charge is -2.16. The molecule has 0 radical (unpaired) electrons. The second-order valence-corrected chi connectivity index (χ2v) is 9.33. The van der Waals surface area contributed by atoms with E-state index in [1.807, 2.05) is 6.92 Å². The lowest BCUT2D eigenvalue weighted by atomic mass is 9.99. The standard InChI is InChI=1S/C22H29ClN2O3S/c1-4-6-7-17(5-2)15-24-22(26)20-13-10-18(14-21(20)23)25-29(27,28)19-11-8-16(3)9-12-19/h8-14,17,25H,4-7,15H2,1-3H3,(H,24,26). The van der Waals surface area contributed by atoms with Crippen LogP contribution in [0.1, 0.15) is 55.5 Å². The summed E-state index contributed by atoms with van der Waals surface area (Å²) < 4.78 is 27.5. The number of carbonyl (C=O) groups is 1. The van der Waals surface area contributed by atoms with Crippen LogP contribution in [0.5, 0.6) is 0 Å². The molecule has 5 nitrogen and oxygen atoms in total. The van der Waals surface area contributed by atoms with E-state index in [4.69, 9.17) is 11.6 Å². The minimum Gasteiger partial charge on any atom is -0.352 e. The molecule has 158 valence electrons. The van der Waals surface area contributed by atoms with E-state index in [0.717, 1.165) is 31.2 Å². The number of amides is 1. The first-order chi connectivity index (χ1) is 13.8. The van der Waals surface area contributed by atoms with Crippen LogP contribution in [0.25, 0.3) is 0 Å². The summed E-state index contributed by atoms with van der Waals surface area (Å²) in [5.41, 5.74) is 1.61. The van der Waals surface area contributed by atoms with E-state index in [9.17, 15) is 13.2 Å². The van der Waals surface area contributed by atoms with Gasteiger partial charge in [-0.2, -0.15) is 0 Å². The highest BCUT2D eigenvalue weighted by Gasteiger charge is 2.17. The predicted molar refractivity (Wildman–Crippen MR) is 119 cm³/mol. The van der Waals surface area contributed by atoms with Gasteiger partial charge in [0.2, 0.25) is 0 Å². The van der Waals surface area contributed by atoms with Crippen molar-refractivity contribution in [3.05, 3.63) is 58.6 Å². The topological polar surface area (TPSA) is 75.3 Å². The fourth-order valence-corrected chi connectivity index (χ4v) is 4.29. The van der Waals surface area contributed by atoms with Crippen molar-refractivity contribution in [2.75, 3.05) is 11.3 Å². The van der Waals surface area contributed by atoms with E-state index in [1.54, 1.807) is 30.3 Å². The van der Waals surface area contributed by atoms with Crippen LogP contribution >= 0.6 is 11.6 Å².